The quantitative estimate of drug-likeness (QED) is 0.833. The predicted octanol–water partition coefficient (Wildman–Crippen LogP) is 2.66. The monoisotopic (exact) mass is 248 g/mol. The summed E-state index contributed by atoms with van der Waals surface area (Å²) < 4.78 is 4.98. The highest BCUT2D eigenvalue weighted by Crippen LogP contribution is 2.35. The molecule has 0 saturated carbocycles. The van der Waals surface area contributed by atoms with Crippen molar-refractivity contribution >= 4 is 34.6 Å². The van der Waals surface area contributed by atoms with E-state index in [4.69, 9.17) is 33.7 Å². The Morgan fingerprint density at radius 3 is 2.33 bits per heavy atom. The van der Waals surface area contributed by atoms with E-state index in [1.54, 1.807) is 19.2 Å². The van der Waals surface area contributed by atoms with Crippen LogP contribution in [0.4, 0.5) is 11.4 Å². The molecule has 1 aromatic carbocycles. The molecule has 0 bridgehead atoms. The predicted molar refractivity (Wildman–Crippen MR) is 66.0 cm³/mol. The fourth-order valence-corrected chi connectivity index (χ4v) is 2.08. The third kappa shape index (κ3) is 3.16. The first-order chi connectivity index (χ1) is 7.06. The largest absolute Gasteiger partial charge is 0.399 e. The summed E-state index contributed by atoms with van der Waals surface area (Å²) in [4.78, 5) is 1.94. The lowest BCUT2D eigenvalue weighted by molar-refractivity contribution is 0.206. The van der Waals surface area contributed by atoms with Gasteiger partial charge in [0.05, 0.1) is 22.3 Å². The minimum absolute atomic E-state index is 0.554. The zero-order chi connectivity index (χ0) is 11.4. The Bertz CT molecular complexity index is 321. The van der Waals surface area contributed by atoms with Crippen LogP contribution in [0.1, 0.15) is 0 Å². The molecule has 0 saturated heterocycles. The van der Waals surface area contributed by atoms with Crippen LogP contribution in [0.5, 0.6) is 0 Å². The van der Waals surface area contributed by atoms with Crippen LogP contribution in [0.25, 0.3) is 0 Å². The third-order valence-corrected chi connectivity index (χ3v) is 2.63. The van der Waals surface area contributed by atoms with Crippen molar-refractivity contribution in [2.75, 3.05) is 37.9 Å². The number of methoxy groups -OCH3 is 1. The van der Waals surface area contributed by atoms with Crippen LogP contribution >= 0.6 is 23.2 Å². The fraction of sp³-hybridized carbons (Fsp3) is 0.400. The Kier molecular flexibility index (Phi) is 4.51. The maximum atomic E-state index is 6.06. The van der Waals surface area contributed by atoms with Crippen molar-refractivity contribution in [3.8, 4) is 0 Å². The van der Waals surface area contributed by atoms with Gasteiger partial charge in [0.1, 0.15) is 0 Å². The summed E-state index contributed by atoms with van der Waals surface area (Å²) in [6.07, 6.45) is 0. The number of anilines is 2. The molecule has 0 amide bonds. The number of rotatable bonds is 4. The van der Waals surface area contributed by atoms with E-state index in [0.29, 0.717) is 22.3 Å². The van der Waals surface area contributed by atoms with E-state index >= 15 is 0 Å². The highest BCUT2D eigenvalue weighted by molar-refractivity contribution is 6.39. The molecule has 2 N–H and O–H groups in total. The number of likely N-dealkylation sites (N-methyl/N-ethyl adjacent to an activating group) is 1. The maximum Gasteiger partial charge on any atom is 0.0744 e. The lowest BCUT2D eigenvalue weighted by atomic mass is 10.2. The SMILES string of the molecule is COCCN(C)c1c(Cl)cc(N)cc1Cl. The molecular formula is C10H14Cl2N2O. The average molecular weight is 249 g/mol. The Labute approximate surface area is 99.7 Å². The third-order valence-electron chi connectivity index (χ3n) is 2.05. The van der Waals surface area contributed by atoms with Gasteiger partial charge in [-0.1, -0.05) is 23.2 Å². The van der Waals surface area contributed by atoms with Crippen molar-refractivity contribution in [2.45, 2.75) is 0 Å². The van der Waals surface area contributed by atoms with Crippen LogP contribution in [0.15, 0.2) is 12.1 Å². The van der Waals surface area contributed by atoms with E-state index in [2.05, 4.69) is 0 Å². The molecule has 0 aliphatic heterocycles. The normalized spacial score (nSPS) is 10.4. The van der Waals surface area contributed by atoms with Gasteiger partial charge in [0.25, 0.3) is 0 Å². The molecule has 5 heteroatoms. The number of hydrogen-bond acceptors (Lipinski definition) is 3. The maximum absolute atomic E-state index is 6.06. The Morgan fingerprint density at radius 2 is 1.87 bits per heavy atom. The van der Waals surface area contributed by atoms with Crippen LogP contribution in [-0.4, -0.2) is 27.3 Å². The van der Waals surface area contributed by atoms with Gasteiger partial charge in [0, 0.05) is 26.4 Å². The van der Waals surface area contributed by atoms with Crippen molar-refractivity contribution in [2.24, 2.45) is 0 Å². The lowest BCUT2D eigenvalue weighted by Crippen LogP contribution is -2.22. The first-order valence-corrected chi connectivity index (χ1v) is 5.26. The number of nitrogen functional groups attached to an aromatic ring is 1. The fourth-order valence-electron chi connectivity index (χ4n) is 1.29. The van der Waals surface area contributed by atoms with Gasteiger partial charge in [-0.15, -0.1) is 0 Å². The molecule has 0 unspecified atom stereocenters. The van der Waals surface area contributed by atoms with Gasteiger partial charge in [-0.05, 0) is 12.1 Å². The number of nitrogens with zero attached hydrogens (tertiary/aromatic N) is 1. The van der Waals surface area contributed by atoms with Crippen molar-refractivity contribution in [1.29, 1.82) is 0 Å². The minimum atomic E-state index is 0.554. The molecule has 15 heavy (non-hydrogen) atoms. The topological polar surface area (TPSA) is 38.5 Å². The number of hydrogen-bond donors (Lipinski definition) is 1. The number of ether oxygens (including phenoxy) is 1. The molecule has 0 aromatic heterocycles. The molecular weight excluding hydrogens is 235 g/mol. The second kappa shape index (κ2) is 5.45. The van der Waals surface area contributed by atoms with E-state index in [9.17, 15) is 0 Å². The smallest absolute Gasteiger partial charge is 0.0744 e. The summed E-state index contributed by atoms with van der Waals surface area (Å²) in [5.41, 5.74) is 6.96. The van der Waals surface area contributed by atoms with E-state index in [-0.39, 0.29) is 0 Å². The van der Waals surface area contributed by atoms with Crippen LogP contribution in [0, 0.1) is 0 Å². The van der Waals surface area contributed by atoms with Crippen molar-refractivity contribution < 1.29 is 4.74 Å². The highest BCUT2D eigenvalue weighted by Gasteiger charge is 2.11. The van der Waals surface area contributed by atoms with Crippen molar-refractivity contribution in [1.82, 2.24) is 0 Å². The van der Waals surface area contributed by atoms with E-state index in [0.717, 1.165) is 12.2 Å². The van der Waals surface area contributed by atoms with E-state index in [1.807, 2.05) is 11.9 Å². The molecule has 0 spiro atoms. The van der Waals surface area contributed by atoms with Gasteiger partial charge in [0.15, 0.2) is 0 Å². The van der Waals surface area contributed by atoms with Crippen molar-refractivity contribution in [3.63, 3.8) is 0 Å². The molecule has 0 aliphatic carbocycles. The molecule has 0 fully saturated rings. The first-order valence-electron chi connectivity index (χ1n) is 4.51. The minimum Gasteiger partial charge on any atom is -0.399 e. The summed E-state index contributed by atoms with van der Waals surface area (Å²) in [5, 5.41) is 1.11. The summed E-state index contributed by atoms with van der Waals surface area (Å²) in [5.74, 6) is 0. The molecule has 0 aliphatic rings. The van der Waals surface area contributed by atoms with Crippen LogP contribution < -0.4 is 10.6 Å². The Balaban J connectivity index is 2.92. The molecule has 1 rings (SSSR count). The van der Waals surface area contributed by atoms with Crippen LogP contribution in [-0.2, 0) is 4.74 Å². The molecule has 3 nitrogen and oxygen atoms in total. The summed E-state index contributed by atoms with van der Waals surface area (Å²) in [6.45, 7) is 1.34. The average Bonchev–Trinajstić information content (AvgIpc) is 2.12. The van der Waals surface area contributed by atoms with E-state index in [1.165, 1.54) is 0 Å². The van der Waals surface area contributed by atoms with E-state index < -0.39 is 0 Å². The van der Waals surface area contributed by atoms with Gasteiger partial charge in [-0.2, -0.15) is 0 Å². The Morgan fingerprint density at radius 1 is 1.33 bits per heavy atom. The highest BCUT2D eigenvalue weighted by atomic mass is 35.5. The van der Waals surface area contributed by atoms with Gasteiger partial charge >= 0.3 is 0 Å². The summed E-state index contributed by atoms with van der Waals surface area (Å²) >= 11 is 12.1. The second-order valence-corrected chi connectivity index (χ2v) is 4.06. The number of benzene rings is 1. The van der Waals surface area contributed by atoms with Gasteiger partial charge in [-0.25, -0.2) is 0 Å². The van der Waals surface area contributed by atoms with Gasteiger partial charge < -0.3 is 15.4 Å². The van der Waals surface area contributed by atoms with Crippen LogP contribution in [0.3, 0.4) is 0 Å². The van der Waals surface area contributed by atoms with Crippen molar-refractivity contribution in [3.05, 3.63) is 22.2 Å². The van der Waals surface area contributed by atoms with Gasteiger partial charge in [-0.3, -0.25) is 0 Å². The standard InChI is InChI=1S/C10H14Cl2N2O/c1-14(3-4-15-2)10-8(11)5-7(13)6-9(10)12/h5-6H,3-4,13H2,1-2H3. The summed E-state index contributed by atoms with van der Waals surface area (Å²) in [6, 6.07) is 3.37. The summed E-state index contributed by atoms with van der Waals surface area (Å²) in [7, 11) is 3.56. The zero-order valence-electron chi connectivity index (χ0n) is 8.76. The Hall–Kier alpha value is -0.640. The number of halogens is 2. The zero-order valence-corrected chi connectivity index (χ0v) is 10.3. The number of nitrogens with two attached hydrogens (primary N) is 1. The molecule has 1 aromatic rings. The molecule has 84 valence electrons. The van der Waals surface area contributed by atoms with Gasteiger partial charge in [0.2, 0.25) is 0 Å². The second-order valence-electron chi connectivity index (χ2n) is 3.25. The first kappa shape index (κ1) is 12.4. The molecule has 0 atom stereocenters. The molecule has 0 radical (unpaired) electrons. The molecule has 0 heterocycles. The lowest BCUT2D eigenvalue weighted by Gasteiger charge is -2.21. The van der Waals surface area contributed by atoms with Crippen LogP contribution in [0.2, 0.25) is 10.0 Å².